The van der Waals surface area contributed by atoms with E-state index >= 15 is 0 Å². The summed E-state index contributed by atoms with van der Waals surface area (Å²) in [5.41, 5.74) is 22.6. The smallest absolute Gasteiger partial charge is 0.257 e. The van der Waals surface area contributed by atoms with Crippen LogP contribution >= 0.6 is 0 Å². The van der Waals surface area contributed by atoms with Crippen LogP contribution in [0, 0.1) is 13.8 Å². The fourth-order valence-corrected chi connectivity index (χ4v) is 11.8. The Labute approximate surface area is 373 Å². The Hall–Kier alpha value is -4.70. The van der Waals surface area contributed by atoms with Gasteiger partial charge in [0.05, 0.1) is 5.69 Å². The highest BCUT2D eigenvalue weighted by Gasteiger charge is 2.49. The summed E-state index contributed by atoms with van der Waals surface area (Å²) in [7, 11) is 0. The van der Waals surface area contributed by atoms with Gasteiger partial charge in [0.1, 0.15) is 5.58 Å². The maximum absolute atomic E-state index is 7.50. The van der Waals surface area contributed by atoms with Crippen molar-refractivity contribution in [2.45, 2.75) is 169 Å². The number of furan rings is 1. The van der Waals surface area contributed by atoms with Crippen molar-refractivity contribution >= 4 is 68.4 Å². The molecule has 4 aliphatic rings. The van der Waals surface area contributed by atoms with E-state index < -0.39 is 0 Å². The molecule has 4 heteroatoms. The Kier molecular flexibility index (Phi) is 8.63. The minimum absolute atomic E-state index is 0.0220. The zero-order valence-electron chi connectivity index (χ0n) is 40.7. The van der Waals surface area contributed by atoms with Gasteiger partial charge in [-0.2, -0.15) is 0 Å². The van der Waals surface area contributed by atoms with Gasteiger partial charge in [-0.1, -0.05) is 127 Å². The minimum atomic E-state index is -0.0220. The lowest BCUT2D eigenvalue weighted by atomic mass is 9.33. The van der Waals surface area contributed by atoms with E-state index in [-0.39, 0.29) is 39.2 Å². The minimum Gasteiger partial charge on any atom is -0.440 e. The number of aryl methyl sites for hydroxylation is 2. The molecular weight excluding hydrogens is 751 g/mol. The van der Waals surface area contributed by atoms with Crippen molar-refractivity contribution in [3.05, 3.63) is 123 Å². The Morgan fingerprint density at radius 2 is 1.00 bits per heavy atom. The highest BCUT2D eigenvalue weighted by molar-refractivity contribution is 7.01. The van der Waals surface area contributed by atoms with Crippen molar-refractivity contribution in [1.82, 2.24) is 0 Å². The van der Waals surface area contributed by atoms with Crippen molar-refractivity contribution in [1.29, 1.82) is 0 Å². The summed E-state index contributed by atoms with van der Waals surface area (Å²) in [6.45, 7) is 38.1. The summed E-state index contributed by atoms with van der Waals surface area (Å²) >= 11 is 0. The normalized spacial score (nSPS) is 19.1. The third kappa shape index (κ3) is 6.04. The number of hydrogen-bond donors (Lipinski definition) is 0. The fraction of sp³-hybridized carbons (Fsp3) is 0.448. The Bertz CT molecular complexity index is 2850. The first kappa shape index (κ1) is 41.3. The first-order chi connectivity index (χ1) is 28.8. The molecule has 10 rings (SSSR count). The molecule has 62 heavy (non-hydrogen) atoms. The first-order valence-electron chi connectivity index (χ1n) is 23.6. The van der Waals surface area contributed by atoms with Crippen molar-refractivity contribution in [2.24, 2.45) is 0 Å². The molecule has 2 aliphatic carbocycles. The largest absolute Gasteiger partial charge is 0.440 e. The van der Waals surface area contributed by atoms with Crippen LogP contribution in [0.25, 0.3) is 11.0 Å². The second-order valence-corrected chi connectivity index (χ2v) is 24.6. The van der Waals surface area contributed by atoms with Gasteiger partial charge in [-0.3, -0.25) is 4.90 Å². The average Bonchev–Trinajstić information content (AvgIpc) is 3.55. The molecule has 0 spiro atoms. The van der Waals surface area contributed by atoms with Crippen LogP contribution in [0.3, 0.4) is 0 Å². The van der Waals surface area contributed by atoms with E-state index in [0.717, 1.165) is 17.9 Å². The summed E-state index contributed by atoms with van der Waals surface area (Å²) in [6.07, 6.45) is 4.68. The van der Waals surface area contributed by atoms with Gasteiger partial charge in [-0.25, -0.2) is 0 Å². The third-order valence-electron chi connectivity index (χ3n) is 16.1. The zero-order chi connectivity index (χ0) is 44.4. The summed E-state index contributed by atoms with van der Waals surface area (Å²) in [5.74, 6) is 0.963. The molecule has 1 aromatic heterocycles. The molecular formula is C58H69BN2O. The van der Waals surface area contributed by atoms with E-state index in [0.29, 0.717) is 0 Å². The molecule has 5 aromatic carbocycles. The highest BCUT2D eigenvalue weighted by atomic mass is 16.4. The van der Waals surface area contributed by atoms with Crippen molar-refractivity contribution < 1.29 is 4.42 Å². The lowest BCUT2D eigenvalue weighted by Crippen LogP contribution is -2.61. The Morgan fingerprint density at radius 3 is 1.55 bits per heavy atom. The third-order valence-corrected chi connectivity index (χ3v) is 16.1. The predicted octanol–water partition coefficient (Wildman–Crippen LogP) is 14.4. The van der Waals surface area contributed by atoms with Gasteiger partial charge in [-0.05, 0) is 176 Å². The standard InChI is InChI=1S/C58H69BN2O/c1-34-27-47-51-48(28-34)61(45-22-19-37(29-35(45)2)54(6,7)8)52-50(39-30-40-43(33-49(39)62-52)58(15,16)26-23-55(40,9)10)59(51)44-31-41-42(57(13,14)25-24-56(41,11)12)32-46(44)60(47)38-20-17-36(18-21-38)53(3,4)5/h17-22,27-33H,23-26H2,1-16H3. The van der Waals surface area contributed by atoms with Gasteiger partial charge in [0.25, 0.3) is 6.71 Å². The molecule has 0 N–H and O–H groups in total. The molecule has 0 atom stereocenters. The maximum Gasteiger partial charge on any atom is 0.257 e. The van der Waals surface area contributed by atoms with E-state index in [9.17, 15) is 0 Å². The molecule has 0 saturated heterocycles. The summed E-state index contributed by atoms with van der Waals surface area (Å²) in [5, 5.41) is 1.26. The number of rotatable bonds is 2. The van der Waals surface area contributed by atoms with Gasteiger partial charge >= 0.3 is 0 Å². The lowest BCUT2D eigenvalue weighted by Gasteiger charge is -2.47. The lowest BCUT2D eigenvalue weighted by molar-refractivity contribution is 0.332. The highest BCUT2D eigenvalue weighted by Crippen LogP contribution is 2.53. The topological polar surface area (TPSA) is 19.6 Å². The predicted molar refractivity (Wildman–Crippen MR) is 268 cm³/mol. The number of fused-ring (bicyclic) bond motifs is 8. The zero-order valence-corrected chi connectivity index (χ0v) is 40.7. The number of benzene rings is 5. The van der Waals surface area contributed by atoms with Gasteiger partial charge in [0, 0.05) is 33.6 Å². The summed E-state index contributed by atoms with van der Waals surface area (Å²) in [4.78, 5) is 5.13. The van der Waals surface area contributed by atoms with Crippen LogP contribution in [0.1, 0.15) is 167 Å². The molecule has 0 bridgehead atoms. The number of anilines is 6. The van der Waals surface area contributed by atoms with Crippen LogP contribution in [0.2, 0.25) is 0 Å². The second kappa shape index (κ2) is 13.0. The van der Waals surface area contributed by atoms with Crippen molar-refractivity contribution in [3.8, 4) is 0 Å². The van der Waals surface area contributed by atoms with Crippen LogP contribution in [0.15, 0.2) is 83.3 Å². The maximum atomic E-state index is 7.50. The second-order valence-electron chi connectivity index (χ2n) is 24.6. The van der Waals surface area contributed by atoms with Gasteiger partial charge in [0.15, 0.2) is 0 Å². The Morgan fingerprint density at radius 1 is 0.500 bits per heavy atom. The van der Waals surface area contributed by atoms with Gasteiger partial charge < -0.3 is 9.32 Å². The fourth-order valence-electron chi connectivity index (χ4n) is 11.8. The molecule has 6 aromatic rings. The van der Waals surface area contributed by atoms with E-state index in [2.05, 4.69) is 199 Å². The Balaban J connectivity index is 1.35. The number of hydrogen-bond acceptors (Lipinski definition) is 3. The first-order valence-corrected chi connectivity index (χ1v) is 23.6. The molecule has 0 amide bonds. The molecule has 3 nitrogen and oxygen atoms in total. The molecule has 2 aliphatic heterocycles. The van der Waals surface area contributed by atoms with E-state index in [1.807, 2.05) is 0 Å². The molecule has 0 fully saturated rings. The number of nitrogens with zero attached hydrogens (tertiary/aromatic N) is 2. The molecule has 3 heterocycles. The SMILES string of the molecule is Cc1cc2c3c(c1)N(c1ccc(C(C)(C)C)cc1C)c1oc4cc5c(cc4c1B3c1cc3c(cc1N2c1ccc(C(C)(C)C)cc1)C(C)(C)CCC3(C)C)C(C)(C)CCC5(C)C. The molecule has 0 radical (unpaired) electrons. The van der Waals surface area contributed by atoms with Crippen molar-refractivity contribution in [2.75, 3.05) is 9.80 Å². The van der Waals surface area contributed by atoms with Crippen molar-refractivity contribution in [3.63, 3.8) is 0 Å². The van der Waals surface area contributed by atoms with Crippen LogP contribution in [0.5, 0.6) is 0 Å². The van der Waals surface area contributed by atoms with Crippen LogP contribution in [0.4, 0.5) is 34.3 Å². The van der Waals surface area contributed by atoms with E-state index in [4.69, 9.17) is 4.42 Å². The average molecular weight is 821 g/mol. The molecule has 0 unspecified atom stereocenters. The molecule has 0 saturated carbocycles. The quantitative estimate of drug-likeness (QED) is 0.162. The van der Waals surface area contributed by atoms with Gasteiger partial charge in [0.2, 0.25) is 5.88 Å². The molecule has 320 valence electrons. The van der Waals surface area contributed by atoms with Crippen LogP contribution < -0.4 is 26.2 Å². The van der Waals surface area contributed by atoms with E-state index in [1.165, 1.54) is 114 Å². The van der Waals surface area contributed by atoms with Crippen LogP contribution in [-0.2, 0) is 32.5 Å². The van der Waals surface area contributed by atoms with E-state index in [1.54, 1.807) is 0 Å². The summed E-state index contributed by atoms with van der Waals surface area (Å²) < 4.78 is 7.50. The van der Waals surface area contributed by atoms with Gasteiger partial charge in [-0.15, -0.1) is 0 Å². The summed E-state index contributed by atoms with van der Waals surface area (Å²) in [6, 6.07) is 31.8. The monoisotopic (exact) mass is 821 g/mol. The van der Waals surface area contributed by atoms with Crippen LogP contribution in [-0.4, -0.2) is 6.71 Å².